The van der Waals surface area contributed by atoms with Gasteiger partial charge in [-0.1, -0.05) is 32.9 Å². The van der Waals surface area contributed by atoms with Gasteiger partial charge in [-0.2, -0.15) is 0 Å². The normalized spacial score (nSPS) is 23.8. The molecule has 3 atom stereocenters. The molecule has 1 aliphatic rings. The smallest absolute Gasteiger partial charge is 0.303 e. The van der Waals surface area contributed by atoms with E-state index < -0.39 is 5.60 Å². The van der Waals surface area contributed by atoms with E-state index in [4.69, 9.17) is 14.2 Å². The molecule has 0 spiro atoms. The van der Waals surface area contributed by atoms with Crippen LogP contribution in [0.5, 0.6) is 0 Å². The second kappa shape index (κ2) is 12.8. The van der Waals surface area contributed by atoms with Crippen LogP contribution in [0, 0.1) is 11.8 Å². The molecular formula is C25H40O6. The van der Waals surface area contributed by atoms with Crippen LogP contribution >= 0.6 is 0 Å². The van der Waals surface area contributed by atoms with Gasteiger partial charge < -0.3 is 14.2 Å². The molecule has 6 nitrogen and oxygen atoms in total. The first-order valence-electron chi connectivity index (χ1n) is 11.3. The van der Waals surface area contributed by atoms with Gasteiger partial charge in [-0.15, -0.1) is 0 Å². The van der Waals surface area contributed by atoms with Crippen molar-refractivity contribution in [1.82, 2.24) is 0 Å². The summed E-state index contributed by atoms with van der Waals surface area (Å²) < 4.78 is 16.8. The first-order chi connectivity index (χ1) is 14.4. The summed E-state index contributed by atoms with van der Waals surface area (Å²) in [6, 6.07) is 0. The van der Waals surface area contributed by atoms with Gasteiger partial charge in [-0.3, -0.25) is 14.4 Å². The zero-order valence-electron chi connectivity index (χ0n) is 20.1. The number of allylic oxidation sites excluding steroid dienone is 1. The van der Waals surface area contributed by atoms with Crippen LogP contribution in [0.1, 0.15) is 80.1 Å². The summed E-state index contributed by atoms with van der Waals surface area (Å²) in [5, 5.41) is 0. The SMILES string of the molecule is C=C(CC(=O)C(C)CCCC1(C)OCC(=CCOC(C)=O)CCC1OC(C)=O)C(C)C. The van der Waals surface area contributed by atoms with Gasteiger partial charge in [0.1, 0.15) is 24.1 Å². The van der Waals surface area contributed by atoms with Crippen LogP contribution in [0.25, 0.3) is 0 Å². The Balaban J connectivity index is 2.71. The number of carbonyl (C=O) groups excluding carboxylic acids is 3. The van der Waals surface area contributed by atoms with E-state index in [0.717, 1.165) is 24.0 Å². The van der Waals surface area contributed by atoms with E-state index in [1.54, 1.807) is 0 Å². The predicted octanol–water partition coefficient (Wildman–Crippen LogP) is 4.95. The third-order valence-corrected chi connectivity index (χ3v) is 6.04. The van der Waals surface area contributed by atoms with Gasteiger partial charge in [0.15, 0.2) is 0 Å². The van der Waals surface area contributed by atoms with Crippen molar-refractivity contribution in [1.29, 1.82) is 0 Å². The van der Waals surface area contributed by atoms with Crippen molar-refractivity contribution in [3.63, 3.8) is 0 Å². The number of carbonyl (C=O) groups is 3. The molecule has 1 saturated heterocycles. The molecule has 0 aromatic heterocycles. The van der Waals surface area contributed by atoms with Crippen LogP contribution in [0.2, 0.25) is 0 Å². The molecule has 0 aromatic carbocycles. The van der Waals surface area contributed by atoms with Gasteiger partial charge in [0.25, 0.3) is 0 Å². The minimum absolute atomic E-state index is 0.0451. The Hall–Kier alpha value is -1.95. The highest BCUT2D eigenvalue weighted by Gasteiger charge is 2.39. The fourth-order valence-corrected chi connectivity index (χ4v) is 3.62. The zero-order chi connectivity index (χ0) is 23.6. The number of hydrogen-bond acceptors (Lipinski definition) is 6. The van der Waals surface area contributed by atoms with Crippen molar-refractivity contribution < 1.29 is 28.6 Å². The quantitative estimate of drug-likeness (QED) is 0.337. The molecule has 6 heteroatoms. The molecule has 1 heterocycles. The zero-order valence-corrected chi connectivity index (χ0v) is 20.1. The molecule has 0 amide bonds. The van der Waals surface area contributed by atoms with E-state index >= 15 is 0 Å². The standard InChI is InChI=1S/C25H40O6/c1-17(2)19(4)15-23(28)18(3)9-8-13-25(7)24(31-21(6)27)11-10-22(16-30-25)12-14-29-20(5)26/h12,17-18,24H,4,8-11,13-16H2,1-3,5-7H3. The molecule has 176 valence electrons. The van der Waals surface area contributed by atoms with Gasteiger partial charge in [0.05, 0.1) is 6.61 Å². The van der Waals surface area contributed by atoms with Crippen molar-refractivity contribution in [3.8, 4) is 0 Å². The minimum Gasteiger partial charge on any atom is -0.462 e. The molecular weight excluding hydrogens is 396 g/mol. The summed E-state index contributed by atoms with van der Waals surface area (Å²) in [7, 11) is 0. The molecule has 0 bridgehead atoms. The lowest BCUT2D eigenvalue weighted by atomic mass is 9.86. The Morgan fingerprint density at radius 3 is 2.48 bits per heavy atom. The van der Waals surface area contributed by atoms with E-state index in [9.17, 15) is 14.4 Å². The molecule has 0 aliphatic carbocycles. The van der Waals surface area contributed by atoms with Crippen LogP contribution in [0.15, 0.2) is 23.8 Å². The average molecular weight is 437 g/mol. The predicted molar refractivity (Wildman–Crippen MR) is 120 cm³/mol. The van der Waals surface area contributed by atoms with Crippen molar-refractivity contribution in [2.24, 2.45) is 11.8 Å². The highest BCUT2D eigenvalue weighted by atomic mass is 16.6. The number of Topliss-reactive ketones (excluding diaryl/α,β-unsaturated/α-hetero) is 1. The highest BCUT2D eigenvalue weighted by molar-refractivity contribution is 5.82. The first-order valence-corrected chi connectivity index (χ1v) is 11.3. The van der Waals surface area contributed by atoms with E-state index in [0.29, 0.717) is 38.2 Å². The van der Waals surface area contributed by atoms with Crippen molar-refractivity contribution in [3.05, 3.63) is 23.8 Å². The van der Waals surface area contributed by atoms with E-state index in [2.05, 4.69) is 20.4 Å². The average Bonchev–Trinajstić information content (AvgIpc) is 2.81. The van der Waals surface area contributed by atoms with E-state index in [1.165, 1.54) is 13.8 Å². The molecule has 0 radical (unpaired) electrons. The van der Waals surface area contributed by atoms with Gasteiger partial charge in [0.2, 0.25) is 0 Å². The number of ketones is 1. The lowest BCUT2D eigenvalue weighted by Gasteiger charge is -2.35. The number of esters is 2. The minimum atomic E-state index is -0.632. The number of ether oxygens (including phenoxy) is 3. The van der Waals surface area contributed by atoms with E-state index in [-0.39, 0.29) is 36.4 Å². The number of hydrogen-bond donors (Lipinski definition) is 0. The highest BCUT2D eigenvalue weighted by Crippen LogP contribution is 2.34. The lowest BCUT2D eigenvalue weighted by Crippen LogP contribution is -2.43. The molecule has 0 N–H and O–H groups in total. The van der Waals surface area contributed by atoms with Gasteiger partial charge in [-0.25, -0.2) is 0 Å². The van der Waals surface area contributed by atoms with Crippen LogP contribution in [-0.2, 0) is 28.6 Å². The maximum absolute atomic E-state index is 12.5. The lowest BCUT2D eigenvalue weighted by molar-refractivity contribution is -0.167. The Labute approximate surface area is 187 Å². The summed E-state index contributed by atoms with van der Waals surface area (Å²) in [6.45, 7) is 15.4. The third-order valence-electron chi connectivity index (χ3n) is 6.04. The summed E-state index contributed by atoms with van der Waals surface area (Å²) in [4.78, 5) is 35.1. The second-order valence-electron chi connectivity index (χ2n) is 9.15. The molecule has 1 aliphatic heterocycles. The van der Waals surface area contributed by atoms with Crippen LogP contribution in [0.4, 0.5) is 0 Å². The Morgan fingerprint density at radius 2 is 1.90 bits per heavy atom. The molecule has 1 rings (SSSR count). The summed E-state index contributed by atoms with van der Waals surface area (Å²) in [5.74, 6) is -0.172. The third kappa shape index (κ3) is 9.81. The molecule has 31 heavy (non-hydrogen) atoms. The Bertz CT molecular complexity index is 677. The first kappa shape index (κ1) is 27.1. The number of rotatable bonds is 11. The summed E-state index contributed by atoms with van der Waals surface area (Å²) in [6.07, 6.45) is 5.51. The van der Waals surface area contributed by atoms with E-state index in [1.807, 2.05) is 19.9 Å². The van der Waals surface area contributed by atoms with Crippen molar-refractivity contribution >= 4 is 17.7 Å². The molecule has 3 unspecified atom stereocenters. The molecule has 0 aromatic rings. The Kier molecular flexibility index (Phi) is 11.2. The maximum Gasteiger partial charge on any atom is 0.303 e. The van der Waals surface area contributed by atoms with Gasteiger partial charge in [0, 0.05) is 26.2 Å². The maximum atomic E-state index is 12.5. The van der Waals surface area contributed by atoms with Crippen LogP contribution < -0.4 is 0 Å². The van der Waals surface area contributed by atoms with Crippen LogP contribution in [-0.4, -0.2) is 42.6 Å². The van der Waals surface area contributed by atoms with Crippen LogP contribution in [0.3, 0.4) is 0 Å². The fourth-order valence-electron chi connectivity index (χ4n) is 3.62. The fraction of sp³-hybridized carbons (Fsp3) is 0.720. The summed E-state index contributed by atoms with van der Waals surface area (Å²) in [5.41, 5.74) is 1.37. The van der Waals surface area contributed by atoms with Gasteiger partial charge in [-0.05, 0) is 56.6 Å². The largest absolute Gasteiger partial charge is 0.462 e. The Morgan fingerprint density at radius 1 is 1.23 bits per heavy atom. The monoisotopic (exact) mass is 436 g/mol. The summed E-state index contributed by atoms with van der Waals surface area (Å²) >= 11 is 0. The molecule has 0 saturated carbocycles. The molecule has 1 fully saturated rings. The topological polar surface area (TPSA) is 78.9 Å². The van der Waals surface area contributed by atoms with Gasteiger partial charge >= 0.3 is 11.9 Å². The van der Waals surface area contributed by atoms with Crippen molar-refractivity contribution in [2.45, 2.75) is 91.8 Å². The van der Waals surface area contributed by atoms with Crippen molar-refractivity contribution in [2.75, 3.05) is 13.2 Å². The second-order valence-corrected chi connectivity index (χ2v) is 9.15.